The van der Waals surface area contributed by atoms with Crippen LogP contribution in [-0.4, -0.2) is 34.8 Å². The van der Waals surface area contributed by atoms with E-state index in [4.69, 9.17) is 35.4 Å². The van der Waals surface area contributed by atoms with Crippen molar-refractivity contribution >= 4 is 51.5 Å². The number of halogens is 2. The van der Waals surface area contributed by atoms with Gasteiger partial charge in [0.15, 0.2) is 0 Å². The lowest BCUT2D eigenvalue weighted by Gasteiger charge is -2.19. The quantitative estimate of drug-likeness (QED) is 0.473. The number of rotatable bonds is 4. The molecule has 0 aromatic heterocycles. The SMILES string of the molecule is CN(C)C(=S)SC(C[N+](=O)[O-])c1ccc(Cl)cc1Cl. The van der Waals surface area contributed by atoms with E-state index in [1.807, 2.05) is 0 Å². The molecule has 1 aromatic rings. The minimum absolute atomic E-state index is 0.250. The van der Waals surface area contributed by atoms with Crippen LogP contribution in [0.2, 0.25) is 10.0 Å². The fourth-order valence-corrected chi connectivity index (χ4v) is 3.26. The molecule has 0 aliphatic carbocycles. The maximum Gasteiger partial charge on any atom is 0.220 e. The Morgan fingerprint density at radius 1 is 1.53 bits per heavy atom. The van der Waals surface area contributed by atoms with E-state index in [9.17, 15) is 10.1 Å². The summed E-state index contributed by atoms with van der Waals surface area (Å²) < 4.78 is 0.567. The zero-order valence-corrected chi connectivity index (χ0v) is 13.4. The highest BCUT2D eigenvalue weighted by atomic mass is 35.5. The Hall–Kier alpha value is -0.560. The lowest BCUT2D eigenvalue weighted by atomic mass is 10.1. The van der Waals surface area contributed by atoms with E-state index in [-0.39, 0.29) is 11.5 Å². The van der Waals surface area contributed by atoms with Crippen molar-refractivity contribution in [3.63, 3.8) is 0 Å². The molecule has 0 radical (unpaired) electrons. The van der Waals surface area contributed by atoms with E-state index in [1.165, 1.54) is 11.8 Å². The molecule has 1 aromatic carbocycles. The average Bonchev–Trinajstić information content (AvgIpc) is 2.27. The van der Waals surface area contributed by atoms with E-state index < -0.39 is 5.25 Å². The van der Waals surface area contributed by atoms with E-state index in [0.717, 1.165) is 0 Å². The molecule has 1 unspecified atom stereocenters. The number of thioether (sulfide) groups is 1. The Balaban J connectivity index is 3.02. The second-order valence-electron chi connectivity index (χ2n) is 3.95. The molecule has 0 heterocycles. The number of thiocarbonyl (C=S) groups is 1. The Morgan fingerprint density at radius 3 is 2.63 bits per heavy atom. The van der Waals surface area contributed by atoms with Gasteiger partial charge in [0.05, 0.1) is 0 Å². The molecule has 0 saturated carbocycles. The van der Waals surface area contributed by atoms with Crippen molar-refractivity contribution in [1.82, 2.24) is 4.90 Å². The van der Waals surface area contributed by atoms with Gasteiger partial charge in [0.25, 0.3) is 0 Å². The van der Waals surface area contributed by atoms with E-state index >= 15 is 0 Å². The molecule has 1 rings (SSSR count). The van der Waals surface area contributed by atoms with Gasteiger partial charge in [0, 0.05) is 29.1 Å². The van der Waals surface area contributed by atoms with Gasteiger partial charge in [0.2, 0.25) is 6.54 Å². The third-order valence-electron chi connectivity index (χ3n) is 2.23. The zero-order chi connectivity index (χ0) is 14.6. The Morgan fingerprint density at radius 2 is 2.16 bits per heavy atom. The van der Waals surface area contributed by atoms with Gasteiger partial charge in [-0.25, -0.2) is 0 Å². The molecule has 0 aliphatic rings. The number of nitro groups is 1. The lowest BCUT2D eigenvalue weighted by Crippen LogP contribution is -2.20. The highest BCUT2D eigenvalue weighted by molar-refractivity contribution is 8.23. The summed E-state index contributed by atoms with van der Waals surface area (Å²) in [4.78, 5) is 12.1. The first-order chi connectivity index (χ1) is 8.81. The first kappa shape index (κ1) is 16.5. The Bertz CT molecular complexity index is 498. The van der Waals surface area contributed by atoms with E-state index in [1.54, 1.807) is 37.2 Å². The van der Waals surface area contributed by atoms with Crippen LogP contribution in [0.15, 0.2) is 18.2 Å². The first-order valence-electron chi connectivity index (χ1n) is 5.26. The van der Waals surface area contributed by atoms with Crippen LogP contribution >= 0.6 is 47.2 Å². The Kier molecular flexibility index (Phi) is 6.32. The highest BCUT2D eigenvalue weighted by Gasteiger charge is 2.23. The van der Waals surface area contributed by atoms with Crippen molar-refractivity contribution in [3.05, 3.63) is 43.9 Å². The van der Waals surface area contributed by atoms with Crippen molar-refractivity contribution in [3.8, 4) is 0 Å². The Labute approximate surface area is 131 Å². The van der Waals surface area contributed by atoms with Gasteiger partial charge < -0.3 is 4.90 Å². The smallest absolute Gasteiger partial charge is 0.220 e. The van der Waals surface area contributed by atoms with Crippen LogP contribution < -0.4 is 0 Å². The maximum atomic E-state index is 10.8. The zero-order valence-electron chi connectivity index (χ0n) is 10.3. The number of nitrogens with zero attached hydrogens (tertiary/aromatic N) is 2. The van der Waals surface area contributed by atoms with Gasteiger partial charge in [-0.15, -0.1) is 0 Å². The van der Waals surface area contributed by atoms with Crippen molar-refractivity contribution in [1.29, 1.82) is 0 Å². The number of hydrogen-bond donors (Lipinski definition) is 0. The van der Waals surface area contributed by atoms with Gasteiger partial charge in [-0.3, -0.25) is 10.1 Å². The molecule has 0 saturated heterocycles. The van der Waals surface area contributed by atoms with Crippen molar-refractivity contribution in [2.75, 3.05) is 20.6 Å². The standard InChI is InChI=1S/C11H12Cl2N2O2S2/c1-14(2)11(18)19-10(6-15(16)17)8-4-3-7(12)5-9(8)13/h3-5,10H,6H2,1-2H3. The predicted octanol–water partition coefficient (Wildman–Crippen LogP) is 3.89. The summed E-state index contributed by atoms with van der Waals surface area (Å²) in [6.45, 7) is -0.250. The van der Waals surface area contributed by atoms with Gasteiger partial charge in [-0.05, 0) is 17.7 Å². The summed E-state index contributed by atoms with van der Waals surface area (Å²) in [7, 11) is 3.59. The molecule has 0 bridgehead atoms. The third kappa shape index (κ3) is 5.14. The molecule has 0 spiro atoms. The van der Waals surface area contributed by atoms with Crippen LogP contribution in [-0.2, 0) is 0 Å². The molecule has 1 atom stereocenters. The van der Waals surface area contributed by atoms with E-state index in [2.05, 4.69) is 0 Å². The normalized spacial score (nSPS) is 12.0. The summed E-state index contributed by atoms with van der Waals surface area (Å²) in [5, 5.41) is 11.2. The maximum absolute atomic E-state index is 10.8. The van der Waals surface area contributed by atoms with Crippen LogP contribution in [0.3, 0.4) is 0 Å². The number of hydrogen-bond acceptors (Lipinski definition) is 4. The molecule has 104 valence electrons. The second-order valence-corrected chi connectivity index (χ2v) is 6.63. The fraction of sp³-hybridized carbons (Fsp3) is 0.364. The van der Waals surface area contributed by atoms with Crippen LogP contribution in [0.1, 0.15) is 10.8 Å². The van der Waals surface area contributed by atoms with Gasteiger partial charge in [-0.2, -0.15) is 0 Å². The molecule has 0 N–H and O–H groups in total. The summed E-state index contributed by atoms with van der Waals surface area (Å²) in [5.74, 6) is 0. The third-order valence-corrected chi connectivity index (χ3v) is 4.70. The molecule has 0 aliphatic heterocycles. The minimum atomic E-state index is -0.435. The first-order valence-corrected chi connectivity index (χ1v) is 7.30. The fourth-order valence-electron chi connectivity index (χ4n) is 1.32. The molecule has 19 heavy (non-hydrogen) atoms. The highest BCUT2D eigenvalue weighted by Crippen LogP contribution is 2.36. The monoisotopic (exact) mass is 338 g/mol. The lowest BCUT2D eigenvalue weighted by molar-refractivity contribution is -0.479. The molecular weight excluding hydrogens is 327 g/mol. The molecular formula is C11H12Cl2N2O2S2. The van der Waals surface area contributed by atoms with Gasteiger partial charge in [-0.1, -0.05) is 53.2 Å². The van der Waals surface area contributed by atoms with Crippen molar-refractivity contribution in [2.24, 2.45) is 0 Å². The molecule has 8 heteroatoms. The average molecular weight is 339 g/mol. The topological polar surface area (TPSA) is 46.4 Å². The predicted molar refractivity (Wildman–Crippen MR) is 84.9 cm³/mol. The summed E-state index contributed by atoms with van der Waals surface area (Å²) >= 11 is 18.3. The van der Waals surface area contributed by atoms with Gasteiger partial charge in [0.1, 0.15) is 9.57 Å². The molecule has 0 amide bonds. The largest absolute Gasteiger partial charge is 0.364 e. The van der Waals surface area contributed by atoms with Crippen LogP contribution in [0.4, 0.5) is 0 Å². The summed E-state index contributed by atoms with van der Waals surface area (Å²) in [5.41, 5.74) is 0.664. The van der Waals surface area contributed by atoms with Gasteiger partial charge >= 0.3 is 0 Å². The summed E-state index contributed by atoms with van der Waals surface area (Å²) in [6.07, 6.45) is 0. The van der Waals surface area contributed by atoms with Crippen molar-refractivity contribution < 1.29 is 4.92 Å². The summed E-state index contributed by atoms with van der Waals surface area (Å²) in [6, 6.07) is 4.93. The van der Waals surface area contributed by atoms with Crippen LogP contribution in [0, 0.1) is 10.1 Å². The minimum Gasteiger partial charge on any atom is -0.364 e. The van der Waals surface area contributed by atoms with Crippen LogP contribution in [0.5, 0.6) is 0 Å². The van der Waals surface area contributed by atoms with E-state index in [0.29, 0.717) is 19.9 Å². The number of benzene rings is 1. The molecule has 0 fully saturated rings. The molecule has 4 nitrogen and oxygen atoms in total. The van der Waals surface area contributed by atoms with Crippen molar-refractivity contribution in [2.45, 2.75) is 5.25 Å². The van der Waals surface area contributed by atoms with Crippen LogP contribution in [0.25, 0.3) is 0 Å². The second kappa shape index (κ2) is 7.28.